The lowest BCUT2D eigenvalue weighted by atomic mass is 9.95. The van der Waals surface area contributed by atoms with E-state index >= 15 is 0 Å². The first-order valence-electron chi connectivity index (χ1n) is 9.35. The fourth-order valence-corrected chi connectivity index (χ4v) is 3.88. The Balaban J connectivity index is 1.39. The maximum absolute atomic E-state index is 12.6. The Morgan fingerprint density at radius 1 is 1.27 bits per heavy atom. The lowest BCUT2D eigenvalue weighted by Gasteiger charge is -2.33. The van der Waals surface area contributed by atoms with Crippen LogP contribution in [-0.2, 0) is 11.3 Å². The third-order valence-corrected chi connectivity index (χ3v) is 5.31. The normalized spacial score (nSPS) is 20.3. The molecule has 1 aliphatic heterocycles. The van der Waals surface area contributed by atoms with E-state index in [2.05, 4.69) is 20.1 Å². The van der Waals surface area contributed by atoms with Crippen LogP contribution in [-0.4, -0.2) is 40.4 Å². The molecule has 26 heavy (non-hydrogen) atoms. The van der Waals surface area contributed by atoms with Crippen molar-refractivity contribution in [1.29, 1.82) is 0 Å². The Morgan fingerprint density at radius 3 is 2.92 bits per heavy atom. The first-order valence-corrected chi connectivity index (χ1v) is 9.35. The van der Waals surface area contributed by atoms with Crippen molar-refractivity contribution >= 4 is 11.6 Å². The number of ether oxygens (including phenoxy) is 1. The molecule has 1 unspecified atom stereocenters. The molecular weight excluding hydrogens is 330 g/mol. The molecule has 1 aliphatic carbocycles. The number of carbonyl (C=O) groups is 1. The molecule has 7 nitrogen and oxygen atoms in total. The highest BCUT2D eigenvalue weighted by atomic mass is 16.5. The van der Waals surface area contributed by atoms with Gasteiger partial charge in [0.05, 0.1) is 18.8 Å². The van der Waals surface area contributed by atoms with E-state index in [1.807, 2.05) is 36.2 Å². The molecule has 0 radical (unpaired) electrons. The van der Waals surface area contributed by atoms with E-state index in [4.69, 9.17) is 4.74 Å². The average molecular weight is 355 g/mol. The molecule has 138 valence electrons. The highest BCUT2D eigenvalue weighted by molar-refractivity contribution is 5.83. The zero-order valence-corrected chi connectivity index (χ0v) is 15.1. The molecule has 1 aromatic carbocycles. The van der Waals surface area contributed by atoms with Crippen molar-refractivity contribution in [2.75, 3.05) is 18.5 Å². The summed E-state index contributed by atoms with van der Waals surface area (Å²) < 4.78 is 8.01. The molecule has 7 heteroatoms. The maximum atomic E-state index is 12.6. The summed E-state index contributed by atoms with van der Waals surface area (Å²) in [7, 11) is 1.97. The summed E-state index contributed by atoms with van der Waals surface area (Å²) in [5, 5.41) is 11.2. The van der Waals surface area contributed by atoms with Crippen molar-refractivity contribution in [1.82, 2.24) is 20.1 Å². The molecule has 1 amide bonds. The fraction of sp³-hybridized carbons (Fsp3) is 0.526. The van der Waals surface area contributed by atoms with Crippen LogP contribution in [0.4, 0.5) is 5.69 Å². The molecule has 1 atom stereocenters. The molecule has 1 fully saturated rings. The number of amides is 1. The summed E-state index contributed by atoms with van der Waals surface area (Å²) in [5.41, 5.74) is 1.01. The van der Waals surface area contributed by atoms with E-state index in [-0.39, 0.29) is 5.91 Å². The van der Waals surface area contributed by atoms with Gasteiger partial charge in [-0.05, 0) is 25.0 Å². The van der Waals surface area contributed by atoms with E-state index in [1.165, 1.54) is 19.3 Å². The highest BCUT2D eigenvalue weighted by Gasteiger charge is 2.29. The van der Waals surface area contributed by atoms with Crippen LogP contribution in [0.25, 0.3) is 0 Å². The molecule has 0 bridgehead atoms. The van der Waals surface area contributed by atoms with Crippen LogP contribution in [0, 0.1) is 0 Å². The monoisotopic (exact) mass is 355 g/mol. The van der Waals surface area contributed by atoms with Crippen LogP contribution in [0.5, 0.6) is 5.75 Å². The van der Waals surface area contributed by atoms with Crippen LogP contribution in [0.1, 0.15) is 44.0 Å². The van der Waals surface area contributed by atoms with E-state index in [9.17, 15) is 4.79 Å². The highest BCUT2D eigenvalue weighted by Crippen LogP contribution is 2.32. The second-order valence-corrected chi connectivity index (χ2v) is 7.12. The number of rotatable bonds is 4. The zero-order valence-electron chi connectivity index (χ0n) is 15.1. The van der Waals surface area contributed by atoms with E-state index in [0.29, 0.717) is 19.1 Å². The maximum Gasteiger partial charge on any atom is 0.263 e. The van der Waals surface area contributed by atoms with Gasteiger partial charge in [0.1, 0.15) is 12.1 Å². The first kappa shape index (κ1) is 16.9. The fourth-order valence-electron chi connectivity index (χ4n) is 3.88. The van der Waals surface area contributed by atoms with Gasteiger partial charge in [0.15, 0.2) is 11.9 Å². The Morgan fingerprint density at radius 2 is 2.08 bits per heavy atom. The number of fused-ring (bicyclic) bond motifs is 1. The summed E-state index contributed by atoms with van der Waals surface area (Å²) >= 11 is 0. The summed E-state index contributed by atoms with van der Waals surface area (Å²) in [6.07, 6.45) is 7.38. The smallest absolute Gasteiger partial charge is 0.263 e. The van der Waals surface area contributed by atoms with Crippen molar-refractivity contribution in [3.63, 3.8) is 0 Å². The Labute approximate surface area is 153 Å². The number of para-hydroxylation sites is 2. The van der Waals surface area contributed by atoms with Gasteiger partial charge in [-0.3, -0.25) is 4.79 Å². The Bertz CT molecular complexity index is 769. The summed E-state index contributed by atoms with van der Waals surface area (Å²) in [4.78, 5) is 14.7. The number of aromatic nitrogens is 3. The number of hydrogen-bond donors (Lipinski definition) is 1. The number of anilines is 1. The quantitative estimate of drug-likeness (QED) is 0.911. The number of nitrogens with zero attached hydrogens (tertiary/aromatic N) is 4. The van der Waals surface area contributed by atoms with Gasteiger partial charge in [-0.1, -0.05) is 31.4 Å². The minimum Gasteiger partial charge on any atom is -0.477 e. The molecule has 1 N–H and O–H groups in total. The summed E-state index contributed by atoms with van der Waals surface area (Å²) in [6, 6.07) is 8.23. The molecule has 0 spiro atoms. The third kappa shape index (κ3) is 3.38. The first-order chi connectivity index (χ1) is 12.7. The largest absolute Gasteiger partial charge is 0.477 e. The number of carbonyl (C=O) groups excluding carboxylic acids is 1. The molecule has 1 aromatic heterocycles. The van der Waals surface area contributed by atoms with Crippen LogP contribution >= 0.6 is 0 Å². The lowest BCUT2D eigenvalue weighted by molar-refractivity contribution is -0.128. The minimum absolute atomic E-state index is 0.121. The zero-order chi connectivity index (χ0) is 17.9. The van der Waals surface area contributed by atoms with Crippen molar-refractivity contribution in [2.24, 2.45) is 0 Å². The van der Waals surface area contributed by atoms with E-state index < -0.39 is 6.10 Å². The summed E-state index contributed by atoms with van der Waals surface area (Å²) in [6.45, 7) is 0.902. The van der Waals surface area contributed by atoms with Gasteiger partial charge >= 0.3 is 0 Å². The van der Waals surface area contributed by atoms with Gasteiger partial charge in [0.25, 0.3) is 5.91 Å². The molecular formula is C19H25N5O2. The van der Waals surface area contributed by atoms with Crippen molar-refractivity contribution in [2.45, 2.75) is 50.8 Å². The van der Waals surface area contributed by atoms with Gasteiger partial charge in [0, 0.05) is 13.1 Å². The third-order valence-electron chi connectivity index (χ3n) is 5.31. The topological polar surface area (TPSA) is 72.3 Å². The van der Waals surface area contributed by atoms with Gasteiger partial charge in [0.2, 0.25) is 0 Å². The van der Waals surface area contributed by atoms with Gasteiger partial charge in [-0.25, -0.2) is 0 Å². The number of benzene rings is 1. The predicted molar refractivity (Wildman–Crippen MR) is 98.1 cm³/mol. The van der Waals surface area contributed by atoms with Crippen LogP contribution in [0.3, 0.4) is 0 Å². The van der Waals surface area contributed by atoms with Gasteiger partial charge in [-0.2, -0.15) is 0 Å². The van der Waals surface area contributed by atoms with Gasteiger partial charge in [-0.15, -0.1) is 10.2 Å². The lowest BCUT2D eigenvalue weighted by Crippen LogP contribution is -2.47. The average Bonchev–Trinajstić information content (AvgIpc) is 3.15. The molecule has 4 rings (SSSR count). The summed E-state index contributed by atoms with van der Waals surface area (Å²) in [5.74, 6) is 1.44. The number of nitrogens with one attached hydrogen (secondary N) is 1. The van der Waals surface area contributed by atoms with Crippen LogP contribution < -0.4 is 15.0 Å². The molecule has 1 saturated carbocycles. The van der Waals surface area contributed by atoms with Crippen molar-refractivity contribution < 1.29 is 9.53 Å². The van der Waals surface area contributed by atoms with E-state index in [0.717, 1.165) is 30.1 Å². The number of likely N-dealkylation sites (N-methyl/N-ethyl adjacent to an activating group) is 1. The molecule has 2 aromatic rings. The van der Waals surface area contributed by atoms with Gasteiger partial charge < -0.3 is 19.5 Å². The molecule has 2 heterocycles. The van der Waals surface area contributed by atoms with Crippen molar-refractivity contribution in [3.05, 3.63) is 36.4 Å². The minimum atomic E-state index is -0.527. The second kappa shape index (κ2) is 7.35. The van der Waals surface area contributed by atoms with E-state index in [1.54, 1.807) is 6.33 Å². The van der Waals surface area contributed by atoms with Crippen LogP contribution in [0.15, 0.2) is 30.6 Å². The molecule has 0 saturated heterocycles. The van der Waals surface area contributed by atoms with Crippen molar-refractivity contribution in [3.8, 4) is 5.75 Å². The Hall–Kier alpha value is -2.57. The standard InChI is InChI=1S/C19H25N5O2/c1-23-12-17(26-16-10-6-5-9-15(16)23)19(25)20-11-18-22-21-13-24(18)14-7-3-2-4-8-14/h5-6,9-10,13-14,17H,2-4,7-8,11-12H2,1H3,(H,20,25). The Kier molecular flexibility index (Phi) is 4.77. The second-order valence-electron chi connectivity index (χ2n) is 7.12. The SMILES string of the molecule is CN1CC(C(=O)NCc2nncn2C2CCCCC2)Oc2ccccc21. The predicted octanol–water partition coefficient (Wildman–Crippen LogP) is 2.30. The van der Waals surface area contributed by atoms with Crippen LogP contribution in [0.2, 0.25) is 0 Å². The number of hydrogen-bond acceptors (Lipinski definition) is 5. The molecule has 2 aliphatic rings.